The molecule has 2 N–H and O–H groups in total. The van der Waals surface area contributed by atoms with Crippen molar-refractivity contribution in [3.63, 3.8) is 0 Å². The number of aromatic nitrogens is 6. The summed E-state index contributed by atoms with van der Waals surface area (Å²) in [6.45, 7) is 6.15. The molecule has 1 fully saturated rings. The fourth-order valence-electron chi connectivity index (χ4n) is 4.22. The fourth-order valence-corrected chi connectivity index (χ4v) is 4.22. The lowest BCUT2D eigenvalue weighted by Gasteiger charge is -2.18. The van der Waals surface area contributed by atoms with Crippen LogP contribution in [0.3, 0.4) is 0 Å². The Morgan fingerprint density at radius 2 is 1.89 bits per heavy atom. The van der Waals surface area contributed by atoms with Gasteiger partial charge in [0.2, 0.25) is 5.91 Å². The van der Waals surface area contributed by atoms with Gasteiger partial charge in [0.15, 0.2) is 5.82 Å². The minimum atomic E-state index is -4.95. The van der Waals surface area contributed by atoms with E-state index in [9.17, 15) is 22.4 Å². The predicted octanol–water partition coefficient (Wildman–Crippen LogP) is 5.06. The molecule has 0 atom stereocenters. The third kappa shape index (κ3) is 4.95. The van der Waals surface area contributed by atoms with Crippen molar-refractivity contribution >= 4 is 11.6 Å². The second-order valence-electron chi connectivity index (χ2n) is 10.1. The van der Waals surface area contributed by atoms with E-state index in [1.807, 2.05) is 31.5 Å². The largest absolute Gasteiger partial charge is 0.573 e. The molecule has 4 aromatic rings. The average molecular weight is 529 g/mol. The van der Waals surface area contributed by atoms with Crippen LogP contribution < -0.4 is 10.1 Å². The number of rotatable bonds is 6. The molecule has 198 valence electrons. The first kappa shape index (κ1) is 25.4. The monoisotopic (exact) mass is 529 g/mol. The Bertz CT molecular complexity index is 1490. The van der Waals surface area contributed by atoms with Crippen LogP contribution in [0.1, 0.15) is 44.9 Å². The topological polar surface area (TPSA) is 111 Å². The van der Waals surface area contributed by atoms with Gasteiger partial charge in [-0.2, -0.15) is 0 Å². The number of aromatic amines is 1. The molecular weight excluding hydrogens is 506 g/mol. The Labute approximate surface area is 214 Å². The third-order valence-corrected chi connectivity index (χ3v) is 6.36. The Morgan fingerprint density at radius 1 is 1.13 bits per heavy atom. The molecule has 2 aromatic carbocycles. The van der Waals surface area contributed by atoms with E-state index in [1.165, 1.54) is 0 Å². The van der Waals surface area contributed by atoms with Gasteiger partial charge in [-0.15, -0.1) is 18.3 Å². The third-order valence-electron chi connectivity index (χ3n) is 6.36. The van der Waals surface area contributed by atoms with E-state index in [0.29, 0.717) is 41.7 Å². The van der Waals surface area contributed by atoms with Crippen LogP contribution >= 0.6 is 0 Å². The van der Waals surface area contributed by atoms with E-state index in [2.05, 4.69) is 35.7 Å². The summed E-state index contributed by atoms with van der Waals surface area (Å²) in [5.74, 6) is -1.76. The highest BCUT2D eigenvalue weighted by Crippen LogP contribution is 2.50. The van der Waals surface area contributed by atoms with Gasteiger partial charge >= 0.3 is 6.36 Å². The first-order chi connectivity index (χ1) is 17.9. The summed E-state index contributed by atoms with van der Waals surface area (Å²) in [4.78, 5) is 17.8. The van der Waals surface area contributed by atoms with Crippen LogP contribution in [0.4, 0.5) is 23.2 Å². The van der Waals surface area contributed by atoms with Crippen LogP contribution in [0.2, 0.25) is 0 Å². The first-order valence-corrected chi connectivity index (χ1v) is 11.7. The highest BCUT2D eigenvalue weighted by molar-refractivity contribution is 6.02. The number of imidazole rings is 1. The van der Waals surface area contributed by atoms with Crippen molar-refractivity contribution in [1.29, 1.82) is 0 Å². The minimum Gasteiger partial charge on any atom is -0.406 e. The van der Waals surface area contributed by atoms with Crippen LogP contribution in [0.15, 0.2) is 48.9 Å². The summed E-state index contributed by atoms with van der Waals surface area (Å²) in [5.41, 5.74) is 1.21. The lowest BCUT2D eigenvalue weighted by atomic mass is 9.93. The lowest BCUT2D eigenvalue weighted by Crippen LogP contribution is -2.29. The molecule has 0 saturated heterocycles. The number of hydrogen-bond donors (Lipinski definition) is 2. The van der Waals surface area contributed by atoms with Crippen LogP contribution in [-0.2, 0) is 15.6 Å². The zero-order valence-electron chi connectivity index (χ0n) is 20.6. The quantitative estimate of drug-likeness (QED) is 0.338. The molecule has 1 aliphatic carbocycles. The van der Waals surface area contributed by atoms with E-state index in [0.717, 1.165) is 17.8 Å². The van der Waals surface area contributed by atoms with Gasteiger partial charge in [-0.1, -0.05) is 26.8 Å². The number of nitrogens with one attached hydrogen (secondary N) is 2. The zero-order valence-corrected chi connectivity index (χ0v) is 20.6. The number of benzene rings is 2. The van der Waals surface area contributed by atoms with Crippen molar-refractivity contribution in [3.05, 3.63) is 66.0 Å². The van der Waals surface area contributed by atoms with Gasteiger partial charge in [0.1, 0.15) is 11.6 Å². The molecule has 38 heavy (non-hydrogen) atoms. The standard InChI is InChI=1S/C25H23F4N7O2/c1-23(2,3)20-12-36(13-30-20)19-7-4-14(10-16(19)21-32-34-35-33-21)31-22(37)24(8-9-24)17-6-5-15(11-18(17)26)38-25(27,28)29/h4-7,10-13H,8-9H2,1-3H3,(H,31,37)(H,32,33,34,35). The Balaban J connectivity index is 1.43. The molecule has 0 radical (unpaired) electrons. The molecule has 1 aliphatic rings. The highest BCUT2D eigenvalue weighted by atomic mass is 19.4. The Kier molecular flexibility index (Phi) is 5.96. The summed E-state index contributed by atoms with van der Waals surface area (Å²) in [5, 5.41) is 16.8. The number of carbonyl (C=O) groups is 1. The molecule has 1 amide bonds. The molecule has 2 aromatic heterocycles. The van der Waals surface area contributed by atoms with Gasteiger partial charge < -0.3 is 14.6 Å². The minimum absolute atomic E-state index is 0.00827. The number of tetrazole rings is 1. The summed E-state index contributed by atoms with van der Waals surface area (Å²) in [6, 6.07) is 7.93. The number of ether oxygens (including phenoxy) is 1. The fraction of sp³-hybridized carbons (Fsp3) is 0.320. The normalized spacial score (nSPS) is 14.8. The number of H-pyrrole nitrogens is 1. The number of amides is 1. The second-order valence-corrected chi connectivity index (χ2v) is 10.1. The molecule has 0 bridgehead atoms. The molecule has 5 rings (SSSR count). The van der Waals surface area contributed by atoms with Crippen molar-refractivity contribution in [1.82, 2.24) is 30.2 Å². The second kappa shape index (κ2) is 8.92. The molecule has 0 unspecified atom stereocenters. The van der Waals surface area contributed by atoms with Gasteiger partial charge in [-0.05, 0) is 47.5 Å². The van der Waals surface area contributed by atoms with Crippen molar-refractivity contribution in [2.45, 2.75) is 50.8 Å². The molecular formula is C25H23F4N7O2. The number of anilines is 1. The number of carbonyl (C=O) groups excluding carboxylic acids is 1. The van der Waals surface area contributed by atoms with E-state index in [1.54, 1.807) is 24.5 Å². The molecule has 13 heteroatoms. The van der Waals surface area contributed by atoms with Crippen LogP contribution in [-0.4, -0.2) is 42.4 Å². The van der Waals surface area contributed by atoms with Crippen molar-refractivity contribution in [3.8, 4) is 22.8 Å². The SMILES string of the molecule is CC(C)(C)c1cn(-c2ccc(NC(=O)C3(c4ccc(OC(F)(F)F)cc4F)CC3)cc2-c2nnn[nH]2)cn1. The maximum absolute atomic E-state index is 14.8. The van der Waals surface area contributed by atoms with Gasteiger partial charge in [0.25, 0.3) is 0 Å². The first-order valence-electron chi connectivity index (χ1n) is 11.7. The van der Waals surface area contributed by atoms with E-state index in [4.69, 9.17) is 0 Å². The average Bonchev–Trinajstić information content (AvgIpc) is 3.21. The predicted molar refractivity (Wildman–Crippen MR) is 128 cm³/mol. The molecule has 0 spiro atoms. The number of halogens is 4. The van der Waals surface area contributed by atoms with Crippen LogP contribution in [0.5, 0.6) is 5.75 Å². The highest BCUT2D eigenvalue weighted by Gasteiger charge is 2.53. The van der Waals surface area contributed by atoms with Gasteiger partial charge in [-0.25, -0.2) is 14.5 Å². The maximum atomic E-state index is 14.8. The maximum Gasteiger partial charge on any atom is 0.573 e. The Morgan fingerprint density at radius 3 is 2.47 bits per heavy atom. The van der Waals surface area contributed by atoms with Crippen molar-refractivity contribution in [2.24, 2.45) is 0 Å². The van der Waals surface area contributed by atoms with Crippen LogP contribution in [0.25, 0.3) is 17.1 Å². The van der Waals surface area contributed by atoms with Crippen molar-refractivity contribution in [2.75, 3.05) is 5.32 Å². The van der Waals surface area contributed by atoms with Crippen LogP contribution in [0, 0.1) is 5.82 Å². The number of hydrogen-bond acceptors (Lipinski definition) is 6. The summed E-state index contributed by atoms with van der Waals surface area (Å²) >= 11 is 0. The smallest absolute Gasteiger partial charge is 0.406 e. The summed E-state index contributed by atoms with van der Waals surface area (Å²) in [7, 11) is 0. The summed E-state index contributed by atoms with van der Waals surface area (Å²) in [6.07, 6.45) is -0.686. The van der Waals surface area contributed by atoms with Crippen molar-refractivity contribution < 1.29 is 27.1 Å². The summed E-state index contributed by atoms with van der Waals surface area (Å²) < 4.78 is 57.8. The van der Waals surface area contributed by atoms with Gasteiger partial charge in [0, 0.05) is 34.5 Å². The van der Waals surface area contributed by atoms with E-state index in [-0.39, 0.29) is 11.0 Å². The number of nitrogens with zero attached hydrogens (tertiary/aromatic N) is 5. The number of alkyl halides is 3. The zero-order chi connectivity index (χ0) is 27.3. The molecule has 9 nitrogen and oxygen atoms in total. The molecule has 0 aliphatic heterocycles. The lowest BCUT2D eigenvalue weighted by molar-refractivity contribution is -0.274. The van der Waals surface area contributed by atoms with E-state index >= 15 is 0 Å². The molecule has 1 saturated carbocycles. The van der Waals surface area contributed by atoms with Gasteiger partial charge in [-0.3, -0.25) is 4.79 Å². The van der Waals surface area contributed by atoms with E-state index < -0.39 is 29.3 Å². The Hall–Kier alpha value is -4.29. The van der Waals surface area contributed by atoms with Gasteiger partial charge in [0.05, 0.1) is 23.1 Å². The molecule has 2 heterocycles.